The number of aromatic carboxylic acids is 1. The molecule has 8 heteroatoms. The first kappa shape index (κ1) is 12.4. The molecule has 3 aromatic rings. The number of rotatable bonds is 3. The predicted molar refractivity (Wildman–Crippen MR) is 69.3 cm³/mol. The van der Waals surface area contributed by atoms with Crippen molar-refractivity contribution >= 4 is 23.2 Å². The average Bonchev–Trinajstić information content (AvgIpc) is 2.88. The Bertz CT molecular complexity index is 802. The monoisotopic (exact) mass is 290 g/mol. The van der Waals surface area contributed by atoms with Crippen LogP contribution in [0.1, 0.15) is 10.4 Å². The third kappa shape index (κ3) is 2.14. The molecule has 0 saturated heterocycles. The highest BCUT2D eigenvalue weighted by Crippen LogP contribution is 2.28. The molecule has 0 amide bonds. The number of carboxylic acid groups (broad SMARTS) is 1. The van der Waals surface area contributed by atoms with Gasteiger partial charge in [0.15, 0.2) is 0 Å². The van der Waals surface area contributed by atoms with Crippen LogP contribution in [0, 0.1) is 0 Å². The predicted octanol–water partition coefficient (Wildman–Crippen LogP) is 2.27. The molecule has 7 nitrogen and oxygen atoms in total. The van der Waals surface area contributed by atoms with Gasteiger partial charge in [-0.05, 0) is 12.1 Å². The summed E-state index contributed by atoms with van der Waals surface area (Å²) in [5, 5.41) is 17.1. The quantitative estimate of drug-likeness (QED) is 0.796. The third-order valence-corrected chi connectivity index (χ3v) is 2.80. The zero-order valence-corrected chi connectivity index (χ0v) is 10.7. The minimum atomic E-state index is -1.12. The van der Waals surface area contributed by atoms with E-state index < -0.39 is 5.97 Å². The Morgan fingerprint density at radius 1 is 1.40 bits per heavy atom. The summed E-state index contributed by atoms with van der Waals surface area (Å²) in [5.41, 5.74) is 0.363. The van der Waals surface area contributed by atoms with Crippen molar-refractivity contribution < 1.29 is 14.6 Å². The molecule has 3 rings (SSSR count). The lowest BCUT2D eigenvalue weighted by atomic mass is 10.2. The molecule has 2 aromatic heterocycles. The van der Waals surface area contributed by atoms with Gasteiger partial charge in [-0.1, -0.05) is 11.6 Å². The summed E-state index contributed by atoms with van der Waals surface area (Å²) in [4.78, 5) is 15.2. The molecule has 0 saturated carbocycles. The first-order chi connectivity index (χ1) is 9.65. The van der Waals surface area contributed by atoms with E-state index in [1.54, 1.807) is 10.6 Å². The lowest BCUT2D eigenvalue weighted by Gasteiger charge is -2.08. The van der Waals surface area contributed by atoms with Gasteiger partial charge in [-0.3, -0.25) is 4.40 Å². The molecule has 0 aliphatic carbocycles. The normalized spacial score (nSPS) is 10.7. The maximum Gasteiger partial charge on any atom is 0.339 e. The van der Waals surface area contributed by atoms with Crippen molar-refractivity contribution in [2.45, 2.75) is 0 Å². The van der Waals surface area contributed by atoms with Crippen molar-refractivity contribution in [3.8, 4) is 11.6 Å². The zero-order chi connectivity index (χ0) is 14.1. The van der Waals surface area contributed by atoms with E-state index in [0.29, 0.717) is 10.7 Å². The minimum Gasteiger partial charge on any atom is -0.478 e. The van der Waals surface area contributed by atoms with Crippen LogP contribution in [0.25, 0.3) is 5.65 Å². The van der Waals surface area contributed by atoms with Crippen LogP contribution in [-0.2, 0) is 0 Å². The molecule has 0 radical (unpaired) electrons. The fourth-order valence-corrected chi connectivity index (χ4v) is 1.83. The molecule has 0 spiro atoms. The van der Waals surface area contributed by atoms with Gasteiger partial charge in [0.25, 0.3) is 5.88 Å². The first-order valence-corrected chi connectivity index (χ1v) is 5.88. The Balaban J connectivity index is 2.09. The first-order valence-electron chi connectivity index (χ1n) is 5.50. The topological polar surface area (TPSA) is 89.6 Å². The summed E-state index contributed by atoms with van der Waals surface area (Å²) in [6.45, 7) is 0. The Hall–Kier alpha value is -2.67. The Labute approximate surface area is 117 Å². The van der Waals surface area contributed by atoms with Gasteiger partial charge >= 0.3 is 5.97 Å². The number of hydrogen-bond acceptors (Lipinski definition) is 5. The van der Waals surface area contributed by atoms with E-state index in [1.807, 2.05) is 0 Å². The van der Waals surface area contributed by atoms with E-state index in [-0.39, 0.29) is 17.2 Å². The fourth-order valence-electron chi connectivity index (χ4n) is 1.67. The molecule has 2 heterocycles. The smallest absolute Gasteiger partial charge is 0.339 e. The van der Waals surface area contributed by atoms with Crippen LogP contribution in [0.4, 0.5) is 0 Å². The average molecular weight is 291 g/mol. The molecule has 1 N–H and O–H groups in total. The van der Waals surface area contributed by atoms with E-state index in [9.17, 15) is 4.79 Å². The van der Waals surface area contributed by atoms with Crippen molar-refractivity contribution in [3.05, 3.63) is 47.5 Å². The van der Waals surface area contributed by atoms with E-state index in [0.717, 1.165) is 0 Å². The Kier molecular flexibility index (Phi) is 2.96. The standard InChI is InChI=1S/C12H7ClN4O3/c13-7-1-2-8(12(18)19)9(5-7)20-11-10-16-15-6-17(10)4-3-14-11/h1-6H,(H,18,19). The number of carbonyl (C=O) groups is 1. The van der Waals surface area contributed by atoms with Gasteiger partial charge in [0.1, 0.15) is 17.6 Å². The van der Waals surface area contributed by atoms with Crippen LogP contribution in [0.2, 0.25) is 5.02 Å². The second-order valence-corrected chi connectivity index (χ2v) is 4.28. The fraction of sp³-hybridized carbons (Fsp3) is 0. The van der Waals surface area contributed by atoms with Crippen molar-refractivity contribution in [2.75, 3.05) is 0 Å². The maximum absolute atomic E-state index is 11.2. The molecular weight excluding hydrogens is 284 g/mol. The highest BCUT2D eigenvalue weighted by Gasteiger charge is 2.15. The zero-order valence-electron chi connectivity index (χ0n) is 9.89. The highest BCUT2D eigenvalue weighted by molar-refractivity contribution is 6.30. The number of hydrogen-bond donors (Lipinski definition) is 1. The molecule has 100 valence electrons. The molecule has 0 fully saturated rings. The van der Waals surface area contributed by atoms with Crippen LogP contribution >= 0.6 is 11.6 Å². The number of fused-ring (bicyclic) bond motifs is 1. The SMILES string of the molecule is O=C(O)c1ccc(Cl)cc1Oc1nccn2cnnc12. The van der Waals surface area contributed by atoms with E-state index >= 15 is 0 Å². The lowest BCUT2D eigenvalue weighted by Crippen LogP contribution is -2.01. The van der Waals surface area contributed by atoms with Gasteiger partial charge in [-0.25, -0.2) is 9.78 Å². The summed E-state index contributed by atoms with van der Waals surface area (Å²) in [6, 6.07) is 4.25. The third-order valence-electron chi connectivity index (χ3n) is 2.56. The van der Waals surface area contributed by atoms with Gasteiger partial charge in [0, 0.05) is 23.5 Å². The largest absolute Gasteiger partial charge is 0.478 e. The van der Waals surface area contributed by atoms with E-state index in [2.05, 4.69) is 15.2 Å². The van der Waals surface area contributed by atoms with Crippen LogP contribution in [-0.4, -0.2) is 30.7 Å². The molecular formula is C12H7ClN4O3. The number of nitrogens with zero attached hydrogens (tertiary/aromatic N) is 4. The Morgan fingerprint density at radius 3 is 3.05 bits per heavy atom. The van der Waals surface area contributed by atoms with Gasteiger partial charge in [0.2, 0.25) is 5.65 Å². The van der Waals surface area contributed by atoms with Crippen LogP contribution < -0.4 is 4.74 Å². The van der Waals surface area contributed by atoms with E-state index in [4.69, 9.17) is 21.4 Å². The van der Waals surface area contributed by atoms with Gasteiger partial charge in [0.05, 0.1) is 0 Å². The van der Waals surface area contributed by atoms with Crippen molar-refractivity contribution in [3.63, 3.8) is 0 Å². The van der Waals surface area contributed by atoms with Crippen LogP contribution in [0.15, 0.2) is 36.9 Å². The molecule has 1 aromatic carbocycles. The van der Waals surface area contributed by atoms with Crippen molar-refractivity contribution in [2.24, 2.45) is 0 Å². The molecule has 0 aliphatic heterocycles. The minimum absolute atomic E-state index is 0.0160. The maximum atomic E-state index is 11.2. The summed E-state index contributed by atoms with van der Waals surface area (Å²) in [7, 11) is 0. The lowest BCUT2D eigenvalue weighted by molar-refractivity contribution is 0.0694. The molecule has 20 heavy (non-hydrogen) atoms. The molecule has 0 bridgehead atoms. The number of ether oxygens (including phenoxy) is 1. The van der Waals surface area contributed by atoms with Gasteiger partial charge < -0.3 is 9.84 Å². The number of benzene rings is 1. The highest BCUT2D eigenvalue weighted by atomic mass is 35.5. The summed E-state index contributed by atoms with van der Waals surface area (Å²) in [5.74, 6) is -0.881. The molecule has 0 atom stereocenters. The van der Waals surface area contributed by atoms with Crippen LogP contribution in [0.3, 0.4) is 0 Å². The molecule has 0 unspecified atom stereocenters. The van der Waals surface area contributed by atoms with Crippen LogP contribution in [0.5, 0.6) is 11.6 Å². The van der Waals surface area contributed by atoms with Crippen molar-refractivity contribution in [1.29, 1.82) is 0 Å². The number of halogens is 1. The van der Waals surface area contributed by atoms with Gasteiger partial charge in [-0.2, -0.15) is 0 Å². The Morgan fingerprint density at radius 2 is 2.25 bits per heavy atom. The van der Waals surface area contributed by atoms with Gasteiger partial charge in [-0.15, -0.1) is 10.2 Å². The molecule has 0 aliphatic rings. The number of carboxylic acids is 1. The summed E-state index contributed by atoms with van der Waals surface area (Å²) >= 11 is 5.86. The van der Waals surface area contributed by atoms with Crippen molar-refractivity contribution in [1.82, 2.24) is 19.6 Å². The second-order valence-electron chi connectivity index (χ2n) is 3.84. The second kappa shape index (κ2) is 4.78. The summed E-state index contributed by atoms with van der Waals surface area (Å²) in [6.07, 6.45) is 4.63. The number of aromatic nitrogens is 4. The van der Waals surface area contributed by atoms with E-state index in [1.165, 1.54) is 30.7 Å². The summed E-state index contributed by atoms with van der Waals surface area (Å²) < 4.78 is 7.13.